The third-order valence-corrected chi connectivity index (χ3v) is 3.89. The maximum atomic E-state index is 12.9. The normalized spacial score (nSPS) is 11.7. The number of aromatic nitrogens is 2. The van der Waals surface area contributed by atoms with Crippen LogP contribution in [0, 0.1) is 0 Å². The summed E-state index contributed by atoms with van der Waals surface area (Å²) in [5.74, 6) is 0. The molecule has 1 heterocycles. The highest BCUT2D eigenvalue weighted by molar-refractivity contribution is 6.01. The monoisotopic (exact) mass is 319 g/mol. The van der Waals surface area contributed by atoms with Crippen molar-refractivity contribution in [3.8, 4) is 5.69 Å². The lowest BCUT2D eigenvalue weighted by molar-refractivity contribution is 0.793. The van der Waals surface area contributed by atoms with E-state index in [0.717, 1.165) is 35.6 Å². The van der Waals surface area contributed by atoms with E-state index in [9.17, 15) is 4.79 Å². The van der Waals surface area contributed by atoms with Gasteiger partial charge in [0.05, 0.1) is 22.6 Å². The van der Waals surface area contributed by atoms with Crippen LogP contribution in [0.2, 0.25) is 0 Å². The number of para-hydroxylation sites is 2. The Kier molecular flexibility index (Phi) is 4.75. The van der Waals surface area contributed by atoms with Crippen molar-refractivity contribution in [2.24, 2.45) is 4.99 Å². The van der Waals surface area contributed by atoms with Crippen molar-refractivity contribution in [2.75, 3.05) is 0 Å². The maximum Gasteiger partial charge on any atom is 0.280 e. The molecular formula is C20H21N3O. The Morgan fingerprint density at radius 3 is 2.29 bits per heavy atom. The molecule has 0 aliphatic carbocycles. The second-order valence-corrected chi connectivity index (χ2v) is 5.72. The molecule has 1 N–H and O–H groups in total. The Labute approximate surface area is 141 Å². The fraction of sp³-hybridized carbons (Fsp3) is 0.200. The minimum atomic E-state index is -0.0539. The standard InChI is InChI=1S/C20H21N3O/c1-3-10-18-19(15(2)21-16-11-6-4-7-12-16)20(24)23(22-18)17-13-8-5-9-14-17/h4-9,11-14,22H,3,10H2,1-2H3. The fourth-order valence-corrected chi connectivity index (χ4v) is 2.80. The van der Waals surface area contributed by atoms with Crippen LogP contribution in [-0.4, -0.2) is 15.5 Å². The Balaban J connectivity index is 2.11. The Hall–Kier alpha value is -2.88. The smallest absolute Gasteiger partial charge is 0.280 e. The lowest BCUT2D eigenvalue weighted by atomic mass is 10.1. The molecule has 4 nitrogen and oxygen atoms in total. The van der Waals surface area contributed by atoms with Gasteiger partial charge < -0.3 is 0 Å². The number of hydrogen-bond donors (Lipinski definition) is 1. The molecular weight excluding hydrogens is 298 g/mol. The van der Waals surface area contributed by atoms with Crippen LogP contribution in [0.3, 0.4) is 0 Å². The Morgan fingerprint density at radius 1 is 1.04 bits per heavy atom. The van der Waals surface area contributed by atoms with E-state index >= 15 is 0 Å². The summed E-state index contributed by atoms with van der Waals surface area (Å²) in [5, 5.41) is 3.26. The summed E-state index contributed by atoms with van der Waals surface area (Å²) in [7, 11) is 0. The van der Waals surface area contributed by atoms with Gasteiger partial charge in [0, 0.05) is 5.69 Å². The van der Waals surface area contributed by atoms with Gasteiger partial charge in [-0.25, -0.2) is 4.68 Å². The largest absolute Gasteiger partial charge is 0.294 e. The van der Waals surface area contributed by atoms with Crippen LogP contribution in [0.25, 0.3) is 5.69 Å². The highest BCUT2D eigenvalue weighted by Crippen LogP contribution is 2.15. The van der Waals surface area contributed by atoms with Crippen LogP contribution in [0.4, 0.5) is 5.69 Å². The number of aliphatic imine (C=N–C) groups is 1. The molecule has 122 valence electrons. The van der Waals surface area contributed by atoms with E-state index in [1.807, 2.05) is 67.6 Å². The average molecular weight is 319 g/mol. The number of aryl methyl sites for hydroxylation is 1. The molecule has 0 radical (unpaired) electrons. The van der Waals surface area contributed by atoms with Gasteiger partial charge in [0.25, 0.3) is 5.56 Å². The van der Waals surface area contributed by atoms with Crippen molar-refractivity contribution in [2.45, 2.75) is 26.7 Å². The number of rotatable bonds is 5. The molecule has 0 amide bonds. The number of nitrogens with one attached hydrogen (secondary N) is 1. The molecule has 4 heteroatoms. The summed E-state index contributed by atoms with van der Waals surface area (Å²) in [5.41, 5.74) is 3.97. The molecule has 3 aromatic rings. The topological polar surface area (TPSA) is 50.1 Å². The molecule has 0 saturated carbocycles. The van der Waals surface area contributed by atoms with Crippen molar-refractivity contribution >= 4 is 11.4 Å². The van der Waals surface area contributed by atoms with Gasteiger partial charge in [-0.2, -0.15) is 0 Å². The minimum absolute atomic E-state index is 0.0539. The summed E-state index contributed by atoms with van der Waals surface area (Å²) in [4.78, 5) is 17.6. The highest BCUT2D eigenvalue weighted by atomic mass is 16.1. The summed E-state index contributed by atoms with van der Waals surface area (Å²) >= 11 is 0. The van der Waals surface area contributed by atoms with Crippen LogP contribution in [0.1, 0.15) is 31.5 Å². The molecule has 0 aliphatic heterocycles. The number of benzene rings is 2. The molecule has 2 aromatic carbocycles. The number of aromatic amines is 1. The molecule has 24 heavy (non-hydrogen) atoms. The van der Waals surface area contributed by atoms with E-state index in [1.165, 1.54) is 0 Å². The lowest BCUT2D eigenvalue weighted by Gasteiger charge is -2.01. The van der Waals surface area contributed by atoms with Gasteiger partial charge in [-0.15, -0.1) is 0 Å². The first-order chi connectivity index (χ1) is 11.7. The van der Waals surface area contributed by atoms with Crippen molar-refractivity contribution in [1.82, 2.24) is 9.78 Å². The zero-order valence-corrected chi connectivity index (χ0v) is 14.0. The first kappa shape index (κ1) is 16.0. The molecule has 0 bridgehead atoms. The van der Waals surface area contributed by atoms with Crippen molar-refractivity contribution in [3.05, 3.63) is 82.3 Å². The van der Waals surface area contributed by atoms with Crippen molar-refractivity contribution in [1.29, 1.82) is 0 Å². The van der Waals surface area contributed by atoms with Gasteiger partial charge in [-0.05, 0) is 37.6 Å². The van der Waals surface area contributed by atoms with E-state index in [1.54, 1.807) is 4.68 Å². The van der Waals surface area contributed by atoms with Gasteiger partial charge in [0.2, 0.25) is 0 Å². The molecule has 0 atom stereocenters. The third-order valence-electron chi connectivity index (χ3n) is 3.89. The van der Waals surface area contributed by atoms with Crippen LogP contribution < -0.4 is 5.56 Å². The molecule has 0 spiro atoms. The van der Waals surface area contributed by atoms with Crippen LogP contribution in [0.15, 0.2) is 70.5 Å². The van der Waals surface area contributed by atoms with Crippen molar-refractivity contribution in [3.63, 3.8) is 0 Å². The quantitative estimate of drug-likeness (QED) is 0.702. The molecule has 0 unspecified atom stereocenters. The molecule has 1 aromatic heterocycles. The maximum absolute atomic E-state index is 12.9. The number of hydrogen-bond acceptors (Lipinski definition) is 2. The number of nitrogens with zero attached hydrogens (tertiary/aromatic N) is 2. The predicted molar refractivity (Wildman–Crippen MR) is 98.7 cm³/mol. The van der Waals surface area contributed by atoms with E-state index < -0.39 is 0 Å². The summed E-state index contributed by atoms with van der Waals surface area (Å²) in [6.45, 7) is 4.00. The summed E-state index contributed by atoms with van der Waals surface area (Å²) in [6, 6.07) is 19.3. The molecule has 0 aliphatic rings. The number of H-pyrrole nitrogens is 1. The van der Waals surface area contributed by atoms with E-state index in [0.29, 0.717) is 5.56 Å². The van der Waals surface area contributed by atoms with Crippen LogP contribution in [-0.2, 0) is 6.42 Å². The van der Waals surface area contributed by atoms with Gasteiger partial charge in [0.1, 0.15) is 0 Å². The van der Waals surface area contributed by atoms with Gasteiger partial charge in [-0.1, -0.05) is 49.7 Å². The third kappa shape index (κ3) is 3.23. The minimum Gasteiger partial charge on any atom is -0.294 e. The summed E-state index contributed by atoms with van der Waals surface area (Å²) < 4.78 is 1.60. The van der Waals surface area contributed by atoms with Gasteiger partial charge in [-0.3, -0.25) is 14.9 Å². The van der Waals surface area contributed by atoms with Gasteiger partial charge >= 0.3 is 0 Å². The second-order valence-electron chi connectivity index (χ2n) is 5.72. The van der Waals surface area contributed by atoms with Crippen LogP contribution in [0.5, 0.6) is 0 Å². The van der Waals surface area contributed by atoms with E-state index in [-0.39, 0.29) is 5.56 Å². The van der Waals surface area contributed by atoms with Crippen LogP contribution >= 0.6 is 0 Å². The van der Waals surface area contributed by atoms with E-state index in [4.69, 9.17) is 0 Å². The fourth-order valence-electron chi connectivity index (χ4n) is 2.80. The van der Waals surface area contributed by atoms with E-state index in [2.05, 4.69) is 17.0 Å². The predicted octanol–water partition coefficient (Wildman–Crippen LogP) is 4.26. The Bertz CT molecular complexity index is 890. The Morgan fingerprint density at radius 2 is 1.67 bits per heavy atom. The van der Waals surface area contributed by atoms with Gasteiger partial charge in [0.15, 0.2) is 0 Å². The van der Waals surface area contributed by atoms with Crippen molar-refractivity contribution < 1.29 is 0 Å². The first-order valence-electron chi connectivity index (χ1n) is 8.20. The lowest BCUT2D eigenvalue weighted by Crippen LogP contribution is -2.19. The molecule has 0 fully saturated rings. The zero-order valence-electron chi connectivity index (χ0n) is 14.0. The second kappa shape index (κ2) is 7.13. The molecule has 0 saturated heterocycles. The zero-order chi connectivity index (χ0) is 16.9. The first-order valence-corrected chi connectivity index (χ1v) is 8.20. The average Bonchev–Trinajstić information content (AvgIpc) is 2.93. The summed E-state index contributed by atoms with van der Waals surface area (Å²) in [6.07, 6.45) is 1.77. The highest BCUT2D eigenvalue weighted by Gasteiger charge is 2.17. The SMILES string of the molecule is CCCc1[nH]n(-c2ccccc2)c(=O)c1C(C)=Nc1ccccc1. The molecule has 3 rings (SSSR count).